The largest absolute Gasteiger partial charge is 0.337 e. The van der Waals surface area contributed by atoms with E-state index >= 15 is 0 Å². The van der Waals surface area contributed by atoms with Gasteiger partial charge in [0.2, 0.25) is 19.7 Å². The maximum absolute atomic E-state index is 3.57. The summed E-state index contributed by atoms with van der Waals surface area (Å²) in [7, 11) is 5.53. The van der Waals surface area contributed by atoms with Gasteiger partial charge in [-0.25, -0.2) is 0 Å². The van der Waals surface area contributed by atoms with Gasteiger partial charge in [-0.3, -0.25) is 0 Å². The fourth-order valence-corrected chi connectivity index (χ4v) is 15.0. The van der Waals surface area contributed by atoms with E-state index in [-0.39, 0.29) is 0 Å². The van der Waals surface area contributed by atoms with Crippen molar-refractivity contribution in [2.45, 2.75) is 26.2 Å². The van der Waals surface area contributed by atoms with Crippen LogP contribution in [0.1, 0.15) is 0 Å². The maximum atomic E-state index is 3.57. The minimum atomic E-state index is -1.42. The van der Waals surface area contributed by atoms with Crippen LogP contribution in [-0.2, 0) is 0 Å². The Morgan fingerprint density at radius 1 is 0.800 bits per heavy atom. The van der Waals surface area contributed by atoms with Crippen LogP contribution in [0.5, 0.6) is 0 Å². The van der Waals surface area contributed by atoms with E-state index in [2.05, 4.69) is 64.7 Å². The molecule has 0 unspecified atom stereocenters. The molecule has 1 aliphatic rings. The molecule has 0 spiro atoms. The number of rotatable bonds is 0. The average molecular weight is 275 g/mol. The summed E-state index contributed by atoms with van der Waals surface area (Å²) in [6, 6.07) is 0. The van der Waals surface area contributed by atoms with Crippen LogP contribution in [0.25, 0.3) is 0 Å². The Hall–Kier alpha value is 0.708. The summed E-state index contributed by atoms with van der Waals surface area (Å²) < 4.78 is 11.4. The zero-order valence-corrected chi connectivity index (χ0v) is 14.8. The molecule has 1 saturated heterocycles. The first-order valence-electron chi connectivity index (χ1n) is 5.18. The molecule has 1 aliphatic heterocycles. The van der Waals surface area contributed by atoms with Crippen LogP contribution < -0.4 is 4.65 Å². The maximum Gasteiger partial charge on any atom is 0.234 e. The van der Waals surface area contributed by atoms with Crippen LogP contribution in [0.4, 0.5) is 0 Å². The molecular weight excluding hydrogens is 252 g/mol. The minimum Gasteiger partial charge on any atom is -0.337 e. The molecule has 0 bridgehead atoms. The summed E-state index contributed by atoms with van der Waals surface area (Å²) >= 11 is 0. The third kappa shape index (κ3) is 2.52. The van der Waals surface area contributed by atoms with Gasteiger partial charge in [-0.2, -0.15) is 0 Å². The van der Waals surface area contributed by atoms with Gasteiger partial charge >= 0.3 is 0 Å². The molecule has 86 valence electrons. The SMILES string of the molecule is CN1[Si]N[Si]N(C)[Si](C)(C)N(C)[Si]1(C)C. The van der Waals surface area contributed by atoms with Crippen molar-refractivity contribution in [3.63, 3.8) is 0 Å². The van der Waals surface area contributed by atoms with E-state index < -0.39 is 16.8 Å². The molecule has 0 aromatic carbocycles. The van der Waals surface area contributed by atoms with Gasteiger partial charge in [-0.05, 0) is 47.3 Å². The second kappa shape index (κ2) is 4.53. The lowest BCUT2D eigenvalue weighted by atomic mass is 11.6. The van der Waals surface area contributed by atoms with Crippen molar-refractivity contribution in [2.75, 3.05) is 21.1 Å². The zero-order chi connectivity index (χ0) is 11.9. The van der Waals surface area contributed by atoms with Gasteiger partial charge in [-0.1, -0.05) is 0 Å². The lowest BCUT2D eigenvalue weighted by molar-refractivity contribution is 0.569. The number of nitrogens with one attached hydrogen (secondary N) is 1. The first kappa shape index (κ1) is 13.8. The van der Waals surface area contributed by atoms with Gasteiger partial charge < -0.3 is 17.3 Å². The van der Waals surface area contributed by atoms with Crippen molar-refractivity contribution >= 4 is 36.5 Å². The zero-order valence-electron chi connectivity index (χ0n) is 10.8. The number of hydrogen-bond donors (Lipinski definition) is 1. The van der Waals surface area contributed by atoms with Crippen molar-refractivity contribution in [3.8, 4) is 0 Å². The highest BCUT2D eigenvalue weighted by atomic mass is 28.5. The summed E-state index contributed by atoms with van der Waals surface area (Å²) in [5.41, 5.74) is 0. The Kier molecular flexibility index (Phi) is 4.16. The van der Waals surface area contributed by atoms with Crippen LogP contribution in [0.3, 0.4) is 0 Å². The van der Waals surface area contributed by atoms with E-state index in [1.54, 1.807) is 0 Å². The minimum absolute atomic E-state index is 0.760. The van der Waals surface area contributed by atoms with Crippen molar-refractivity contribution in [3.05, 3.63) is 0 Å². The Labute approximate surface area is 101 Å². The summed E-state index contributed by atoms with van der Waals surface area (Å²) in [5, 5.41) is 0. The van der Waals surface area contributed by atoms with E-state index in [9.17, 15) is 0 Å². The smallest absolute Gasteiger partial charge is 0.234 e. The van der Waals surface area contributed by atoms with Crippen LogP contribution in [0.15, 0.2) is 0 Å². The van der Waals surface area contributed by atoms with Crippen LogP contribution >= 0.6 is 0 Å². The van der Waals surface area contributed by atoms with Gasteiger partial charge in [-0.15, -0.1) is 0 Å². The second-order valence-corrected chi connectivity index (χ2v) is 17.8. The Morgan fingerprint density at radius 3 is 1.47 bits per heavy atom. The van der Waals surface area contributed by atoms with Crippen LogP contribution in [0, 0.1) is 0 Å². The van der Waals surface area contributed by atoms with E-state index in [0.29, 0.717) is 0 Å². The van der Waals surface area contributed by atoms with Crippen molar-refractivity contribution in [1.82, 2.24) is 17.3 Å². The standard InChI is InChI=1S/C7H22N4Si4/c1-9-12-8-13-10(2)15(6,7)11(3)14(9,4)5/h8H,1-7H3. The van der Waals surface area contributed by atoms with E-state index in [1.807, 2.05) is 0 Å². The molecule has 15 heavy (non-hydrogen) atoms. The molecule has 1 N–H and O–H groups in total. The molecule has 0 aliphatic carbocycles. The molecule has 0 atom stereocenters. The van der Waals surface area contributed by atoms with Gasteiger partial charge in [0.15, 0.2) is 16.8 Å². The van der Waals surface area contributed by atoms with E-state index in [4.69, 9.17) is 0 Å². The molecule has 0 aromatic heterocycles. The number of nitrogens with zero attached hydrogens (tertiary/aromatic N) is 3. The molecule has 1 heterocycles. The predicted molar refractivity (Wildman–Crippen MR) is 72.9 cm³/mol. The third-order valence-electron chi connectivity index (χ3n) is 3.73. The second-order valence-electron chi connectivity index (χ2n) is 5.01. The van der Waals surface area contributed by atoms with Gasteiger partial charge in [0.05, 0.1) is 0 Å². The van der Waals surface area contributed by atoms with Gasteiger partial charge in [0.1, 0.15) is 0 Å². The van der Waals surface area contributed by atoms with E-state index in [0.717, 1.165) is 19.7 Å². The number of hydrogen-bond acceptors (Lipinski definition) is 4. The highest BCUT2D eigenvalue weighted by Gasteiger charge is 2.45. The van der Waals surface area contributed by atoms with Crippen molar-refractivity contribution in [2.24, 2.45) is 0 Å². The van der Waals surface area contributed by atoms with Crippen LogP contribution in [-0.4, -0.2) is 70.3 Å². The molecule has 4 radical (unpaired) electrons. The first-order valence-corrected chi connectivity index (χ1v) is 12.9. The van der Waals surface area contributed by atoms with Gasteiger partial charge in [0.25, 0.3) is 0 Å². The van der Waals surface area contributed by atoms with Crippen LogP contribution in [0.2, 0.25) is 26.2 Å². The molecule has 8 heteroatoms. The third-order valence-corrected chi connectivity index (χ3v) is 19.1. The Morgan fingerprint density at radius 2 is 1.13 bits per heavy atom. The first-order chi connectivity index (χ1) is 6.70. The molecular formula is C7H22N4Si4. The highest BCUT2D eigenvalue weighted by molar-refractivity contribution is 6.93. The summed E-state index contributed by atoms with van der Waals surface area (Å²) in [6.45, 7) is 9.77. The van der Waals surface area contributed by atoms with Gasteiger partial charge in [0, 0.05) is 0 Å². The fourth-order valence-electron chi connectivity index (χ4n) is 1.59. The lowest BCUT2D eigenvalue weighted by Gasteiger charge is -2.52. The van der Waals surface area contributed by atoms with Crippen molar-refractivity contribution < 1.29 is 0 Å². The fraction of sp³-hybridized carbons (Fsp3) is 1.00. The summed E-state index contributed by atoms with van der Waals surface area (Å²) in [4.78, 5) is 0. The molecule has 1 rings (SSSR count). The molecule has 0 amide bonds. The van der Waals surface area contributed by atoms with E-state index in [1.165, 1.54) is 0 Å². The average Bonchev–Trinajstić information content (AvgIpc) is 2.14. The molecule has 4 nitrogen and oxygen atoms in total. The topological polar surface area (TPSA) is 21.8 Å². The highest BCUT2D eigenvalue weighted by Crippen LogP contribution is 2.21. The monoisotopic (exact) mass is 274 g/mol. The Bertz CT molecular complexity index is 213. The molecule has 0 aromatic rings. The van der Waals surface area contributed by atoms with Crippen molar-refractivity contribution in [1.29, 1.82) is 0 Å². The Balaban J connectivity index is 2.99. The summed E-state index contributed by atoms with van der Waals surface area (Å²) in [5.74, 6) is 0. The lowest BCUT2D eigenvalue weighted by Crippen LogP contribution is -2.76. The molecule has 1 fully saturated rings. The normalized spacial score (nSPS) is 29.8. The predicted octanol–water partition coefficient (Wildman–Crippen LogP) is -0.143. The molecule has 0 saturated carbocycles. The summed E-state index contributed by atoms with van der Waals surface area (Å²) in [6.07, 6.45) is 0. The quantitative estimate of drug-likeness (QED) is 0.621.